The number of hydrogen-bond donors (Lipinski definition) is 1. The molecule has 5 nitrogen and oxygen atoms in total. The minimum absolute atomic E-state index is 0.219. The average Bonchev–Trinajstić information content (AvgIpc) is 2.80. The van der Waals surface area contributed by atoms with E-state index in [1.165, 1.54) is 36.6 Å². The van der Waals surface area contributed by atoms with Crippen molar-refractivity contribution in [1.82, 2.24) is 20.2 Å². The van der Waals surface area contributed by atoms with E-state index in [0.717, 1.165) is 44.6 Å². The van der Waals surface area contributed by atoms with Crippen molar-refractivity contribution in [3.63, 3.8) is 0 Å². The van der Waals surface area contributed by atoms with Gasteiger partial charge in [-0.05, 0) is 39.3 Å². The number of rotatable bonds is 13. The van der Waals surface area contributed by atoms with Crippen molar-refractivity contribution >= 4 is 5.91 Å². The molecule has 0 aliphatic rings. The lowest BCUT2D eigenvalue weighted by atomic mass is 10.1. The van der Waals surface area contributed by atoms with Gasteiger partial charge in [0.15, 0.2) is 0 Å². The first-order valence-electron chi connectivity index (χ1n) is 11.7. The van der Waals surface area contributed by atoms with Crippen LogP contribution in [0.15, 0.2) is 48.3 Å². The summed E-state index contributed by atoms with van der Waals surface area (Å²) in [5, 5.41) is 2.54. The number of unbranched alkanes of at least 4 members (excludes halogenated alkanes) is 1. The van der Waals surface area contributed by atoms with Crippen LogP contribution in [0.1, 0.15) is 82.9 Å². The Bertz CT molecular complexity index is 675. The van der Waals surface area contributed by atoms with E-state index < -0.39 is 0 Å². The quantitative estimate of drug-likeness (QED) is 0.321. The molecule has 0 fully saturated rings. The molecule has 1 N–H and O–H groups in total. The van der Waals surface area contributed by atoms with Crippen LogP contribution < -0.4 is 5.32 Å². The summed E-state index contributed by atoms with van der Waals surface area (Å²) in [5.41, 5.74) is 3.73. The van der Waals surface area contributed by atoms with Crippen LogP contribution in [0.5, 0.6) is 0 Å². The number of carbonyl (C=O) groups is 1. The average molecular weight is 429 g/mol. The molecule has 0 unspecified atom stereocenters. The van der Waals surface area contributed by atoms with Gasteiger partial charge in [0.05, 0.1) is 11.9 Å². The molecule has 0 radical (unpaired) electrons. The Hall–Kier alpha value is -2.27. The van der Waals surface area contributed by atoms with Crippen molar-refractivity contribution in [2.24, 2.45) is 0 Å². The molecule has 0 saturated heterocycles. The maximum absolute atomic E-state index is 11.5. The van der Waals surface area contributed by atoms with Gasteiger partial charge in [0.1, 0.15) is 5.69 Å². The van der Waals surface area contributed by atoms with Gasteiger partial charge in [0.25, 0.3) is 5.91 Å². The molecule has 0 aliphatic heterocycles. The van der Waals surface area contributed by atoms with Crippen molar-refractivity contribution in [2.45, 2.75) is 73.1 Å². The summed E-state index contributed by atoms with van der Waals surface area (Å²) in [7, 11) is 1.58. The minimum atomic E-state index is -0.219. The fourth-order valence-electron chi connectivity index (χ4n) is 2.78. The van der Waals surface area contributed by atoms with Gasteiger partial charge >= 0.3 is 0 Å². The Morgan fingerprint density at radius 1 is 1.06 bits per heavy atom. The lowest BCUT2D eigenvalue weighted by molar-refractivity contribution is 0.0957. The van der Waals surface area contributed by atoms with E-state index in [9.17, 15) is 4.79 Å². The topological polar surface area (TPSA) is 58.1 Å². The van der Waals surface area contributed by atoms with Crippen LogP contribution in [0, 0.1) is 0 Å². The summed E-state index contributed by atoms with van der Waals surface area (Å²) in [5.74, 6) is -0.219. The van der Waals surface area contributed by atoms with E-state index in [2.05, 4.69) is 73.5 Å². The van der Waals surface area contributed by atoms with Crippen LogP contribution in [0.2, 0.25) is 0 Å². The van der Waals surface area contributed by atoms with E-state index in [4.69, 9.17) is 0 Å². The van der Waals surface area contributed by atoms with Crippen LogP contribution in [-0.2, 0) is 6.42 Å². The molecule has 174 valence electrons. The molecular weight excluding hydrogens is 384 g/mol. The van der Waals surface area contributed by atoms with E-state index in [0.29, 0.717) is 5.69 Å². The second-order valence-electron chi connectivity index (χ2n) is 7.60. The summed E-state index contributed by atoms with van der Waals surface area (Å²) < 4.78 is 0. The molecule has 0 saturated carbocycles. The number of amides is 1. The summed E-state index contributed by atoms with van der Waals surface area (Å²) in [6.07, 6.45) is 16.1. The number of allylic oxidation sites excluding steroid dienone is 4. The van der Waals surface area contributed by atoms with Crippen molar-refractivity contribution in [3.8, 4) is 0 Å². The van der Waals surface area contributed by atoms with Crippen molar-refractivity contribution < 1.29 is 4.79 Å². The van der Waals surface area contributed by atoms with Gasteiger partial charge in [0, 0.05) is 26.2 Å². The van der Waals surface area contributed by atoms with Crippen molar-refractivity contribution in [1.29, 1.82) is 0 Å². The fraction of sp³-hybridized carbons (Fsp3) is 0.577. The molecule has 5 heteroatoms. The summed E-state index contributed by atoms with van der Waals surface area (Å²) in [4.78, 5) is 22.4. The van der Waals surface area contributed by atoms with E-state index >= 15 is 0 Å². The predicted molar refractivity (Wildman–Crippen MR) is 133 cm³/mol. The minimum Gasteiger partial charge on any atom is -0.354 e. The number of carbonyl (C=O) groups excluding carboxylic acids is 1. The Labute approximate surface area is 190 Å². The van der Waals surface area contributed by atoms with E-state index in [-0.39, 0.29) is 5.91 Å². The largest absolute Gasteiger partial charge is 0.354 e. The molecular formula is C26H44N4O. The number of nitrogens with zero attached hydrogens (tertiary/aromatic N) is 3. The number of hydrogen-bond acceptors (Lipinski definition) is 4. The standard InChI is InChI=1S/C22H34N4O.C4H10/c1-6-13-26(8-3)14-12-19(7-2)11-9-10-18(4)15-20-16-25-21(17-24-20)22(27)23-5;1-3-4-2/h7,10-11,16-17H,2,6,8-9,12-15H2,1,3-5H3,(H,23,27);3-4H2,1-2H3/b18-10+,19-11?;. The van der Waals surface area contributed by atoms with E-state index in [1.807, 2.05) is 6.08 Å². The molecule has 0 aromatic carbocycles. The third-order valence-electron chi connectivity index (χ3n) is 4.94. The smallest absolute Gasteiger partial charge is 0.271 e. The SMILES string of the molecule is C=CC(=CC/C=C(\C)Cc1cnc(C(=O)NC)cn1)CCN(CC)CCC.CCCC. The molecule has 0 bridgehead atoms. The first-order chi connectivity index (χ1) is 14.9. The highest BCUT2D eigenvalue weighted by atomic mass is 16.1. The van der Waals surface area contributed by atoms with Gasteiger partial charge in [-0.25, -0.2) is 4.98 Å². The molecule has 1 amide bonds. The summed E-state index contributed by atoms with van der Waals surface area (Å²) in [6.45, 7) is 18.2. The highest BCUT2D eigenvalue weighted by Gasteiger charge is 2.05. The zero-order valence-electron chi connectivity index (χ0n) is 20.7. The van der Waals surface area contributed by atoms with Crippen LogP contribution in [0.4, 0.5) is 0 Å². The first kappa shape index (κ1) is 28.7. The summed E-state index contributed by atoms with van der Waals surface area (Å²) >= 11 is 0. The lowest BCUT2D eigenvalue weighted by Gasteiger charge is -2.19. The lowest BCUT2D eigenvalue weighted by Crippen LogP contribution is -2.25. The first-order valence-corrected chi connectivity index (χ1v) is 11.7. The maximum Gasteiger partial charge on any atom is 0.271 e. The van der Waals surface area contributed by atoms with Crippen molar-refractivity contribution in [2.75, 3.05) is 26.7 Å². The molecule has 0 aliphatic carbocycles. The molecule has 1 rings (SSSR count). The van der Waals surface area contributed by atoms with Crippen LogP contribution >= 0.6 is 0 Å². The monoisotopic (exact) mass is 428 g/mol. The van der Waals surface area contributed by atoms with Gasteiger partial charge in [-0.2, -0.15) is 0 Å². The zero-order chi connectivity index (χ0) is 23.5. The molecule has 0 atom stereocenters. The Kier molecular flexibility index (Phi) is 17.1. The molecule has 1 aromatic rings. The highest BCUT2D eigenvalue weighted by Crippen LogP contribution is 2.10. The number of nitrogens with one attached hydrogen (secondary N) is 1. The van der Waals surface area contributed by atoms with Crippen LogP contribution in [-0.4, -0.2) is 47.5 Å². The van der Waals surface area contributed by atoms with Gasteiger partial charge in [0.2, 0.25) is 0 Å². The van der Waals surface area contributed by atoms with E-state index in [1.54, 1.807) is 13.2 Å². The predicted octanol–water partition coefficient (Wildman–Crippen LogP) is 5.76. The second-order valence-corrected chi connectivity index (χ2v) is 7.60. The highest BCUT2D eigenvalue weighted by molar-refractivity contribution is 5.91. The Morgan fingerprint density at radius 3 is 2.26 bits per heavy atom. The normalized spacial score (nSPS) is 11.7. The zero-order valence-corrected chi connectivity index (χ0v) is 20.7. The van der Waals surface area contributed by atoms with Gasteiger partial charge in [-0.1, -0.05) is 76.5 Å². The fourth-order valence-corrected chi connectivity index (χ4v) is 2.78. The Balaban J connectivity index is 0.00000206. The van der Waals surface area contributed by atoms with Gasteiger partial charge < -0.3 is 10.2 Å². The molecule has 1 heterocycles. The number of aromatic nitrogens is 2. The van der Waals surface area contributed by atoms with Gasteiger partial charge in [-0.15, -0.1) is 0 Å². The Morgan fingerprint density at radius 2 is 1.77 bits per heavy atom. The van der Waals surface area contributed by atoms with Crippen LogP contribution in [0.3, 0.4) is 0 Å². The van der Waals surface area contributed by atoms with Gasteiger partial charge in [-0.3, -0.25) is 9.78 Å². The third-order valence-corrected chi connectivity index (χ3v) is 4.94. The van der Waals surface area contributed by atoms with Crippen LogP contribution in [0.25, 0.3) is 0 Å². The summed E-state index contributed by atoms with van der Waals surface area (Å²) in [6, 6.07) is 0. The molecule has 0 spiro atoms. The molecule has 1 aromatic heterocycles. The third kappa shape index (κ3) is 13.6. The maximum atomic E-state index is 11.5. The van der Waals surface area contributed by atoms with Crippen molar-refractivity contribution in [3.05, 3.63) is 59.7 Å². The second kappa shape index (κ2) is 18.5. The molecule has 31 heavy (non-hydrogen) atoms.